The van der Waals surface area contributed by atoms with E-state index in [-0.39, 0.29) is 0 Å². The van der Waals surface area contributed by atoms with Crippen molar-refractivity contribution in [1.82, 2.24) is 15.1 Å². The van der Waals surface area contributed by atoms with Gasteiger partial charge in [0.05, 0.1) is 20.1 Å². The Morgan fingerprint density at radius 2 is 2.11 bits per heavy atom. The Labute approximate surface area is 112 Å². The van der Waals surface area contributed by atoms with Gasteiger partial charge in [-0.15, -0.1) is 0 Å². The third kappa shape index (κ3) is 2.85. The normalized spacial score (nSPS) is 10.6. The molecule has 0 saturated heterocycles. The van der Waals surface area contributed by atoms with E-state index in [0.717, 1.165) is 0 Å². The smallest absolute Gasteiger partial charge is 0.229 e. The molecule has 0 bridgehead atoms. The van der Waals surface area contributed by atoms with Crippen molar-refractivity contribution in [2.45, 2.75) is 6.42 Å². The van der Waals surface area contributed by atoms with Crippen molar-refractivity contribution in [3.63, 3.8) is 0 Å². The number of aromatic nitrogens is 3. The van der Waals surface area contributed by atoms with Gasteiger partial charge in [0, 0.05) is 7.11 Å². The van der Waals surface area contributed by atoms with Gasteiger partial charge >= 0.3 is 0 Å². The predicted molar refractivity (Wildman–Crippen MR) is 67.4 cm³/mol. The van der Waals surface area contributed by atoms with E-state index < -0.39 is 0 Å². The van der Waals surface area contributed by atoms with Crippen molar-refractivity contribution in [2.24, 2.45) is 0 Å². The lowest BCUT2D eigenvalue weighted by Gasteiger charge is -2.02. The standard InChI is InChI=1S/C11H12BrN3O3/c1-16-6-5-9-14-11(15-18-9)7-3-4-8(17-2)10(12)13-7/h3-4H,5-6H2,1-2H3. The van der Waals surface area contributed by atoms with Crippen LogP contribution in [0.3, 0.4) is 0 Å². The summed E-state index contributed by atoms with van der Waals surface area (Å²) in [5, 5.41) is 3.87. The van der Waals surface area contributed by atoms with Gasteiger partial charge < -0.3 is 14.0 Å². The molecule has 0 aromatic carbocycles. The largest absolute Gasteiger partial charge is 0.494 e. The Morgan fingerprint density at radius 1 is 1.28 bits per heavy atom. The third-order valence-corrected chi connectivity index (χ3v) is 2.82. The van der Waals surface area contributed by atoms with Gasteiger partial charge in [0.15, 0.2) is 5.75 Å². The van der Waals surface area contributed by atoms with Gasteiger partial charge in [0.1, 0.15) is 10.3 Å². The van der Waals surface area contributed by atoms with Gasteiger partial charge in [-0.1, -0.05) is 5.16 Å². The SMILES string of the molecule is COCCc1nc(-c2ccc(OC)c(Br)n2)no1. The average Bonchev–Trinajstić information content (AvgIpc) is 2.85. The second kappa shape index (κ2) is 5.92. The van der Waals surface area contributed by atoms with E-state index in [0.29, 0.717) is 40.8 Å². The van der Waals surface area contributed by atoms with Crippen LogP contribution in [-0.2, 0) is 11.2 Å². The Balaban J connectivity index is 2.20. The Hall–Kier alpha value is -1.47. The zero-order valence-corrected chi connectivity index (χ0v) is 11.6. The summed E-state index contributed by atoms with van der Waals surface area (Å²) in [7, 11) is 3.21. The highest BCUT2D eigenvalue weighted by atomic mass is 79.9. The molecule has 2 heterocycles. The Bertz CT molecular complexity index is 530. The number of ether oxygens (including phenoxy) is 2. The number of methoxy groups -OCH3 is 2. The van der Waals surface area contributed by atoms with Crippen molar-refractivity contribution in [1.29, 1.82) is 0 Å². The van der Waals surface area contributed by atoms with E-state index in [1.54, 1.807) is 26.4 Å². The molecule has 0 unspecified atom stereocenters. The summed E-state index contributed by atoms with van der Waals surface area (Å²) >= 11 is 3.31. The molecule has 0 spiro atoms. The first-order chi connectivity index (χ1) is 8.74. The summed E-state index contributed by atoms with van der Waals surface area (Å²) in [6, 6.07) is 3.56. The molecular weight excluding hydrogens is 302 g/mol. The topological polar surface area (TPSA) is 70.3 Å². The van der Waals surface area contributed by atoms with Crippen molar-refractivity contribution in [3.05, 3.63) is 22.6 Å². The number of pyridine rings is 1. The van der Waals surface area contributed by atoms with E-state index in [4.69, 9.17) is 14.0 Å². The molecule has 96 valence electrons. The number of rotatable bonds is 5. The molecule has 0 radical (unpaired) electrons. The summed E-state index contributed by atoms with van der Waals surface area (Å²) < 4.78 is 15.7. The monoisotopic (exact) mass is 313 g/mol. The zero-order chi connectivity index (χ0) is 13.0. The van der Waals surface area contributed by atoms with Crippen LogP contribution < -0.4 is 4.74 Å². The fourth-order valence-electron chi connectivity index (χ4n) is 1.35. The number of nitrogens with zero attached hydrogens (tertiary/aromatic N) is 3. The van der Waals surface area contributed by atoms with Gasteiger partial charge in [-0.05, 0) is 28.1 Å². The molecule has 0 amide bonds. The van der Waals surface area contributed by atoms with Crippen molar-refractivity contribution in [2.75, 3.05) is 20.8 Å². The van der Waals surface area contributed by atoms with Crippen LogP contribution in [0.1, 0.15) is 5.89 Å². The van der Waals surface area contributed by atoms with Crippen LogP contribution in [0.4, 0.5) is 0 Å². The van der Waals surface area contributed by atoms with E-state index in [1.807, 2.05) is 0 Å². The third-order valence-electron chi connectivity index (χ3n) is 2.25. The first-order valence-electron chi connectivity index (χ1n) is 5.27. The Kier molecular flexibility index (Phi) is 4.27. The molecule has 7 heteroatoms. The second-order valence-corrected chi connectivity index (χ2v) is 4.20. The molecule has 0 atom stereocenters. The van der Waals surface area contributed by atoms with Gasteiger partial charge in [-0.3, -0.25) is 0 Å². The first-order valence-corrected chi connectivity index (χ1v) is 6.06. The number of hydrogen-bond donors (Lipinski definition) is 0. The van der Waals surface area contributed by atoms with Gasteiger partial charge in [0.25, 0.3) is 0 Å². The lowest BCUT2D eigenvalue weighted by Crippen LogP contribution is -1.95. The fourth-order valence-corrected chi connectivity index (χ4v) is 1.83. The molecule has 2 aromatic heterocycles. The zero-order valence-electron chi connectivity index (χ0n) is 10.0. The lowest BCUT2D eigenvalue weighted by molar-refractivity contribution is 0.192. The van der Waals surface area contributed by atoms with E-state index in [1.165, 1.54) is 0 Å². The van der Waals surface area contributed by atoms with Crippen LogP contribution in [0.25, 0.3) is 11.5 Å². The highest BCUT2D eigenvalue weighted by Gasteiger charge is 2.11. The van der Waals surface area contributed by atoms with Crippen LogP contribution in [0.15, 0.2) is 21.3 Å². The molecule has 0 aliphatic heterocycles. The number of halogens is 1. The molecular formula is C11H12BrN3O3. The highest BCUT2D eigenvalue weighted by Crippen LogP contribution is 2.25. The minimum Gasteiger partial charge on any atom is -0.494 e. The molecule has 0 N–H and O–H groups in total. The molecule has 6 nitrogen and oxygen atoms in total. The van der Waals surface area contributed by atoms with Gasteiger partial charge in [0.2, 0.25) is 11.7 Å². The summed E-state index contributed by atoms with van der Waals surface area (Å²) in [5.41, 5.74) is 0.620. The van der Waals surface area contributed by atoms with Crippen molar-refractivity contribution in [3.8, 4) is 17.3 Å². The summed E-state index contributed by atoms with van der Waals surface area (Å²) in [6.07, 6.45) is 0.584. The second-order valence-electron chi connectivity index (χ2n) is 3.44. The minimum atomic E-state index is 0.449. The molecule has 0 aliphatic rings. The van der Waals surface area contributed by atoms with Crippen LogP contribution in [0.5, 0.6) is 5.75 Å². The summed E-state index contributed by atoms with van der Waals surface area (Å²) in [4.78, 5) is 8.52. The Morgan fingerprint density at radius 3 is 2.78 bits per heavy atom. The highest BCUT2D eigenvalue weighted by molar-refractivity contribution is 9.10. The minimum absolute atomic E-state index is 0.449. The van der Waals surface area contributed by atoms with Crippen LogP contribution in [-0.4, -0.2) is 36.0 Å². The van der Waals surface area contributed by atoms with E-state index in [9.17, 15) is 0 Å². The van der Waals surface area contributed by atoms with E-state index in [2.05, 4.69) is 31.1 Å². The van der Waals surface area contributed by atoms with Crippen LogP contribution in [0.2, 0.25) is 0 Å². The van der Waals surface area contributed by atoms with Gasteiger partial charge in [-0.25, -0.2) is 4.98 Å². The maximum Gasteiger partial charge on any atom is 0.229 e. The first kappa shape index (κ1) is 13.0. The molecule has 18 heavy (non-hydrogen) atoms. The molecule has 0 saturated carbocycles. The predicted octanol–water partition coefficient (Wildman–Crippen LogP) is 2.09. The quantitative estimate of drug-likeness (QED) is 0.787. The average molecular weight is 314 g/mol. The van der Waals surface area contributed by atoms with E-state index >= 15 is 0 Å². The lowest BCUT2D eigenvalue weighted by atomic mass is 10.3. The van der Waals surface area contributed by atoms with Crippen LogP contribution in [0, 0.1) is 0 Å². The fraction of sp³-hybridized carbons (Fsp3) is 0.364. The summed E-state index contributed by atoms with van der Waals surface area (Å²) in [5.74, 6) is 1.63. The molecule has 2 aromatic rings. The molecule has 0 fully saturated rings. The van der Waals surface area contributed by atoms with Gasteiger partial charge in [-0.2, -0.15) is 4.98 Å². The van der Waals surface area contributed by atoms with Crippen molar-refractivity contribution < 1.29 is 14.0 Å². The van der Waals surface area contributed by atoms with Crippen molar-refractivity contribution >= 4 is 15.9 Å². The maximum absolute atomic E-state index is 5.10. The number of hydrogen-bond acceptors (Lipinski definition) is 6. The maximum atomic E-state index is 5.10. The van der Waals surface area contributed by atoms with Crippen LogP contribution >= 0.6 is 15.9 Å². The summed E-state index contributed by atoms with van der Waals surface area (Å²) in [6.45, 7) is 0.543. The molecule has 0 aliphatic carbocycles. The molecule has 2 rings (SSSR count).